The molecule has 144 valence electrons. The molecule has 29 heavy (non-hydrogen) atoms. The molecule has 0 unspecified atom stereocenters. The first-order valence-electron chi connectivity index (χ1n) is 8.88. The van der Waals surface area contributed by atoms with Crippen LogP contribution in [-0.2, 0) is 4.79 Å². The summed E-state index contributed by atoms with van der Waals surface area (Å²) in [6.45, 7) is 3.60. The molecule has 0 fully saturated rings. The molecule has 1 amide bonds. The van der Waals surface area contributed by atoms with E-state index in [0.717, 1.165) is 32.9 Å². The van der Waals surface area contributed by atoms with Crippen LogP contribution in [0.2, 0.25) is 0 Å². The van der Waals surface area contributed by atoms with Crippen LogP contribution in [0.4, 0.5) is 5.69 Å². The molecule has 5 N–H and O–H groups in total. The third kappa shape index (κ3) is 3.60. The van der Waals surface area contributed by atoms with Crippen molar-refractivity contribution >= 4 is 49.3 Å². The molecule has 0 spiro atoms. The van der Waals surface area contributed by atoms with Crippen LogP contribution in [0.15, 0.2) is 83.8 Å². The quantitative estimate of drug-likeness (QED) is 0.257. The summed E-state index contributed by atoms with van der Waals surface area (Å²) in [6, 6.07) is 12.0. The Morgan fingerprint density at radius 1 is 1.21 bits per heavy atom. The predicted octanol–water partition coefficient (Wildman–Crippen LogP) is 4.96. The molecule has 0 saturated heterocycles. The van der Waals surface area contributed by atoms with E-state index in [0.29, 0.717) is 10.2 Å². The average Bonchev–Trinajstić information content (AvgIpc) is 3.40. The maximum atomic E-state index is 12.7. The number of aromatic nitrogens is 3. The number of benzene rings is 2. The zero-order valence-corrected chi connectivity index (χ0v) is 17.0. The van der Waals surface area contributed by atoms with Crippen molar-refractivity contribution in [3.63, 3.8) is 0 Å². The summed E-state index contributed by atoms with van der Waals surface area (Å²) in [5.41, 5.74) is 10.5. The van der Waals surface area contributed by atoms with Gasteiger partial charge in [-0.2, -0.15) is 5.10 Å². The molecule has 2 aromatic heterocycles. The Kier molecular flexibility index (Phi) is 5.05. The number of amides is 1. The second kappa shape index (κ2) is 7.81. The number of nitrogens with two attached hydrogens (primary N) is 1. The molecule has 0 aliphatic heterocycles. The molecule has 0 atom stereocenters. The Labute approximate surface area is 175 Å². The van der Waals surface area contributed by atoms with E-state index in [1.54, 1.807) is 24.4 Å². The number of fused-ring (bicyclic) bond motifs is 2. The number of hydrogen-bond acceptors (Lipinski definition) is 3. The number of carbonyl (C=O) groups excluding carboxylic acids is 1. The molecular weight excluding hydrogens is 430 g/mol. The average molecular weight is 448 g/mol. The lowest BCUT2D eigenvalue weighted by Gasteiger charge is -2.11. The molecule has 4 rings (SSSR count). The minimum absolute atomic E-state index is 0.0675. The number of H-pyrrole nitrogens is 2. The maximum Gasteiger partial charge on any atom is 0.272 e. The van der Waals surface area contributed by atoms with Crippen LogP contribution in [0.3, 0.4) is 0 Å². The molecule has 0 saturated carbocycles. The number of anilines is 1. The Balaban J connectivity index is 1.78. The lowest BCUT2D eigenvalue weighted by molar-refractivity contribution is -0.112. The van der Waals surface area contributed by atoms with Gasteiger partial charge >= 0.3 is 0 Å². The fourth-order valence-electron chi connectivity index (χ4n) is 3.19. The zero-order chi connectivity index (χ0) is 20.4. The minimum atomic E-state index is -0.412. The van der Waals surface area contributed by atoms with Crippen LogP contribution >= 0.6 is 15.9 Å². The van der Waals surface area contributed by atoms with Gasteiger partial charge in [0.05, 0.1) is 17.4 Å². The van der Waals surface area contributed by atoms with Gasteiger partial charge in [-0.15, -0.1) is 0 Å². The Bertz CT molecular complexity index is 1300. The molecule has 4 aromatic rings. The van der Waals surface area contributed by atoms with Crippen molar-refractivity contribution in [1.82, 2.24) is 15.2 Å². The largest absolute Gasteiger partial charge is 0.393 e. The van der Waals surface area contributed by atoms with E-state index in [4.69, 9.17) is 5.73 Å². The van der Waals surface area contributed by atoms with Gasteiger partial charge in [-0.1, -0.05) is 30.9 Å². The van der Waals surface area contributed by atoms with E-state index in [-0.39, 0.29) is 5.70 Å². The highest BCUT2D eigenvalue weighted by molar-refractivity contribution is 9.11. The molecule has 6 nitrogen and oxygen atoms in total. The monoisotopic (exact) mass is 447 g/mol. The van der Waals surface area contributed by atoms with Crippen molar-refractivity contribution in [2.75, 3.05) is 5.32 Å². The van der Waals surface area contributed by atoms with Gasteiger partial charge in [-0.3, -0.25) is 9.89 Å². The van der Waals surface area contributed by atoms with Crippen molar-refractivity contribution < 1.29 is 4.79 Å². The zero-order valence-electron chi connectivity index (χ0n) is 15.4. The summed E-state index contributed by atoms with van der Waals surface area (Å²) >= 11 is 3.31. The second-order valence-corrected chi connectivity index (χ2v) is 7.26. The summed E-state index contributed by atoms with van der Waals surface area (Å²) in [6.07, 6.45) is 8.55. The first kappa shape index (κ1) is 18.8. The fraction of sp³-hybridized carbons (Fsp3) is 0. The SMILES string of the molecule is C=C/C=C\C(Br)=C(/N)C(=O)Nc1cc(-c2cccc3[nH]ccc23)cc2[nH]ncc12. The van der Waals surface area contributed by atoms with Crippen LogP contribution in [0.5, 0.6) is 0 Å². The van der Waals surface area contributed by atoms with E-state index in [9.17, 15) is 4.79 Å². The predicted molar refractivity (Wildman–Crippen MR) is 121 cm³/mol. The highest BCUT2D eigenvalue weighted by Crippen LogP contribution is 2.34. The lowest BCUT2D eigenvalue weighted by atomic mass is 9.99. The molecular formula is C22H18BrN5O. The van der Waals surface area contributed by atoms with Gasteiger partial charge in [0.1, 0.15) is 5.70 Å². The van der Waals surface area contributed by atoms with Gasteiger partial charge < -0.3 is 16.0 Å². The van der Waals surface area contributed by atoms with E-state index < -0.39 is 5.91 Å². The first-order valence-corrected chi connectivity index (χ1v) is 9.67. The minimum Gasteiger partial charge on any atom is -0.393 e. The Morgan fingerprint density at radius 3 is 2.90 bits per heavy atom. The number of nitrogens with one attached hydrogen (secondary N) is 3. The van der Waals surface area contributed by atoms with Crippen LogP contribution in [0, 0.1) is 0 Å². The van der Waals surface area contributed by atoms with E-state index in [1.807, 2.05) is 42.6 Å². The smallest absolute Gasteiger partial charge is 0.272 e. The maximum absolute atomic E-state index is 12.7. The molecule has 7 heteroatoms. The van der Waals surface area contributed by atoms with Crippen LogP contribution < -0.4 is 11.1 Å². The van der Waals surface area contributed by atoms with Gasteiger partial charge in [0, 0.05) is 27.0 Å². The van der Waals surface area contributed by atoms with Gasteiger partial charge in [0.2, 0.25) is 0 Å². The highest BCUT2D eigenvalue weighted by atomic mass is 79.9. The molecule has 2 heterocycles. The normalized spacial score (nSPS) is 12.4. The van der Waals surface area contributed by atoms with Gasteiger partial charge in [0.25, 0.3) is 5.91 Å². The Hall–Kier alpha value is -3.58. The van der Waals surface area contributed by atoms with E-state index in [1.165, 1.54) is 0 Å². The number of allylic oxidation sites excluding steroid dienone is 4. The van der Waals surface area contributed by atoms with E-state index in [2.05, 4.69) is 43.0 Å². The molecule has 0 aliphatic rings. The molecule has 0 bridgehead atoms. The molecule has 0 radical (unpaired) electrons. The first-order chi connectivity index (χ1) is 14.1. The van der Waals surface area contributed by atoms with Crippen LogP contribution in [0.25, 0.3) is 32.9 Å². The lowest BCUT2D eigenvalue weighted by Crippen LogP contribution is -2.21. The standard InChI is InChI=1S/C22H18BrN5O/c1-2-3-6-17(23)21(24)22(29)27-19-10-13(11-20-16(19)12-26-28-20)14-5-4-7-18-15(14)8-9-25-18/h2-12,25H,1,24H2,(H,26,28)(H,27,29)/b6-3-,21-17+. The van der Waals surface area contributed by atoms with Crippen LogP contribution in [-0.4, -0.2) is 21.1 Å². The van der Waals surface area contributed by atoms with Crippen molar-refractivity contribution in [1.29, 1.82) is 0 Å². The number of rotatable bonds is 5. The number of hydrogen-bond donors (Lipinski definition) is 4. The number of carbonyl (C=O) groups is 1. The fourth-order valence-corrected chi connectivity index (χ4v) is 3.52. The third-order valence-corrected chi connectivity index (χ3v) is 5.28. The number of halogens is 1. The van der Waals surface area contributed by atoms with Crippen molar-refractivity contribution in [3.05, 3.63) is 83.8 Å². The topological polar surface area (TPSA) is 99.6 Å². The van der Waals surface area contributed by atoms with Crippen molar-refractivity contribution in [2.45, 2.75) is 0 Å². The highest BCUT2D eigenvalue weighted by Gasteiger charge is 2.14. The summed E-state index contributed by atoms with van der Waals surface area (Å²) in [5, 5.41) is 11.9. The summed E-state index contributed by atoms with van der Waals surface area (Å²) in [5.74, 6) is -0.412. The molecule has 2 aromatic carbocycles. The van der Waals surface area contributed by atoms with Gasteiger partial charge in [0.15, 0.2) is 0 Å². The Morgan fingerprint density at radius 2 is 2.07 bits per heavy atom. The summed E-state index contributed by atoms with van der Waals surface area (Å²) in [4.78, 5) is 15.9. The number of nitrogens with zero attached hydrogens (tertiary/aromatic N) is 1. The third-order valence-electron chi connectivity index (χ3n) is 4.59. The molecule has 0 aliphatic carbocycles. The number of aromatic amines is 2. The van der Waals surface area contributed by atoms with Gasteiger partial charge in [-0.25, -0.2) is 0 Å². The van der Waals surface area contributed by atoms with Crippen molar-refractivity contribution in [3.8, 4) is 11.1 Å². The van der Waals surface area contributed by atoms with Crippen LogP contribution in [0.1, 0.15) is 0 Å². The second-order valence-electron chi connectivity index (χ2n) is 6.41. The summed E-state index contributed by atoms with van der Waals surface area (Å²) in [7, 11) is 0. The van der Waals surface area contributed by atoms with Gasteiger partial charge in [-0.05, 0) is 57.4 Å². The summed E-state index contributed by atoms with van der Waals surface area (Å²) < 4.78 is 0.478. The van der Waals surface area contributed by atoms with Crippen molar-refractivity contribution in [2.24, 2.45) is 5.73 Å². The van der Waals surface area contributed by atoms with E-state index >= 15 is 0 Å².